The monoisotopic (exact) mass is 272 g/mol. The molecule has 4 atom stereocenters. The highest BCUT2D eigenvalue weighted by Gasteiger charge is 2.52. The summed E-state index contributed by atoms with van der Waals surface area (Å²) in [5, 5.41) is 0. The van der Waals surface area contributed by atoms with Crippen LogP contribution in [0.1, 0.15) is 72.6 Å². The van der Waals surface area contributed by atoms with Crippen molar-refractivity contribution in [3.8, 4) is 0 Å². The first kappa shape index (κ1) is 14.4. The molecule has 3 aliphatic carbocycles. The van der Waals surface area contributed by atoms with E-state index in [-0.39, 0.29) is 0 Å². The van der Waals surface area contributed by atoms with Gasteiger partial charge >= 0.3 is 0 Å². The van der Waals surface area contributed by atoms with Gasteiger partial charge in [0.25, 0.3) is 0 Å². The highest BCUT2D eigenvalue weighted by atomic mass is 14.6. The topological polar surface area (TPSA) is 0 Å². The van der Waals surface area contributed by atoms with E-state index in [2.05, 4.69) is 46.4 Å². The first-order valence-electron chi connectivity index (χ1n) is 8.65. The molecule has 0 saturated heterocycles. The summed E-state index contributed by atoms with van der Waals surface area (Å²) >= 11 is 0. The van der Waals surface area contributed by atoms with Crippen molar-refractivity contribution in [3.05, 3.63) is 24.3 Å². The summed E-state index contributed by atoms with van der Waals surface area (Å²) < 4.78 is 0. The van der Waals surface area contributed by atoms with Gasteiger partial charge in [-0.3, -0.25) is 0 Å². The SMILES string of the molecule is C=C[C@@]1(C)CC[C@@]2(C)[C@H](CC=C3[C@@H]2CCCC3(C)C)C1. The van der Waals surface area contributed by atoms with Crippen LogP contribution in [0.5, 0.6) is 0 Å². The van der Waals surface area contributed by atoms with Crippen molar-refractivity contribution in [2.24, 2.45) is 28.1 Å². The lowest BCUT2D eigenvalue weighted by Gasteiger charge is -2.58. The van der Waals surface area contributed by atoms with Crippen LogP contribution in [0.25, 0.3) is 0 Å². The Balaban J connectivity index is 1.94. The minimum atomic E-state index is 0.389. The zero-order chi connectivity index (χ0) is 14.6. The van der Waals surface area contributed by atoms with E-state index in [4.69, 9.17) is 0 Å². The highest BCUT2D eigenvalue weighted by Crippen LogP contribution is 2.63. The Hall–Kier alpha value is -0.520. The van der Waals surface area contributed by atoms with Gasteiger partial charge in [0, 0.05) is 0 Å². The molecule has 2 saturated carbocycles. The summed E-state index contributed by atoms with van der Waals surface area (Å²) in [5.41, 5.74) is 3.21. The number of allylic oxidation sites excluding steroid dienone is 3. The van der Waals surface area contributed by atoms with Crippen molar-refractivity contribution in [2.75, 3.05) is 0 Å². The number of rotatable bonds is 1. The molecule has 3 rings (SSSR count). The lowest BCUT2D eigenvalue weighted by molar-refractivity contribution is -0.0131. The van der Waals surface area contributed by atoms with Crippen LogP contribution in [0.15, 0.2) is 24.3 Å². The maximum atomic E-state index is 4.11. The molecule has 0 nitrogen and oxygen atoms in total. The summed E-state index contributed by atoms with van der Waals surface area (Å²) in [7, 11) is 0. The molecule has 0 aromatic heterocycles. The van der Waals surface area contributed by atoms with E-state index in [1.807, 2.05) is 5.57 Å². The minimum Gasteiger partial charge on any atom is -0.103 e. The van der Waals surface area contributed by atoms with Crippen LogP contribution in [0, 0.1) is 28.1 Å². The molecule has 0 unspecified atom stereocenters. The maximum Gasteiger partial charge on any atom is -0.0141 e. The summed E-state index contributed by atoms with van der Waals surface area (Å²) in [6.45, 7) is 14.1. The predicted octanol–water partition coefficient (Wildman–Crippen LogP) is 6.14. The van der Waals surface area contributed by atoms with E-state index in [9.17, 15) is 0 Å². The normalized spacial score (nSPS) is 46.9. The molecule has 0 N–H and O–H groups in total. The highest BCUT2D eigenvalue weighted by molar-refractivity contribution is 5.26. The predicted molar refractivity (Wildman–Crippen MR) is 87.6 cm³/mol. The van der Waals surface area contributed by atoms with Crippen LogP contribution in [0.2, 0.25) is 0 Å². The van der Waals surface area contributed by atoms with Gasteiger partial charge < -0.3 is 0 Å². The largest absolute Gasteiger partial charge is 0.103 e. The molecule has 2 fully saturated rings. The zero-order valence-corrected chi connectivity index (χ0v) is 14.0. The molecular formula is C20H32. The maximum absolute atomic E-state index is 4.11. The van der Waals surface area contributed by atoms with E-state index in [0.717, 1.165) is 11.8 Å². The van der Waals surface area contributed by atoms with Gasteiger partial charge in [0.1, 0.15) is 0 Å². The van der Waals surface area contributed by atoms with E-state index in [1.165, 1.54) is 44.9 Å². The molecule has 20 heavy (non-hydrogen) atoms. The number of fused-ring (bicyclic) bond motifs is 3. The third kappa shape index (κ3) is 2.02. The Labute approximate surface area is 125 Å². The van der Waals surface area contributed by atoms with Crippen molar-refractivity contribution in [2.45, 2.75) is 72.6 Å². The first-order chi connectivity index (χ1) is 9.31. The van der Waals surface area contributed by atoms with Crippen LogP contribution < -0.4 is 0 Å². The van der Waals surface area contributed by atoms with Crippen LogP contribution >= 0.6 is 0 Å². The van der Waals surface area contributed by atoms with Crippen molar-refractivity contribution in [1.82, 2.24) is 0 Å². The zero-order valence-electron chi connectivity index (χ0n) is 14.0. The molecular weight excluding hydrogens is 240 g/mol. The van der Waals surface area contributed by atoms with Gasteiger partial charge in [-0.1, -0.05) is 51.8 Å². The van der Waals surface area contributed by atoms with Gasteiger partial charge in [-0.25, -0.2) is 0 Å². The first-order valence-corrected chi connectivity index (χ1v) is 8.65. The molecule has 0 bridgehead atoms. The average Bonchev–Trinajstić information content (AvgIpc) is 2.40. The van der Waals surface area contributed by atoms with Crippen LogP contribution in [-0.2, 0) is 0 Å². The molecule has 0 aromatic rings. The molecule has 0 heteroatoms. The second-order valence-electron chi connectivity index (χ2n) is 8.99. The van der Waals surface area contributed by atoms with E-state index < -0.39 is 0 Å². The molecule has 0 radical (unpaired) electrons. The molecule has 0 aromatic carbocycles. The second kappa shape index (κ2) is 4.49. The Morgan fingerprint density at radius 2 is 1.90 bits per heavy atom. The van der Waals surface area contributed by atoms with Crippen molar-refractivity contribution < 1.29 is 0 Å². The summed E-state index contributed by atoms with van der Waals surface area (Å²) in [6, 6.07) is 0. The van der Waals surface area contributed by atoms with Gasteiger partial charge in [-0.2, -0.15) is 0 Å². The van der Waals surface area contributed by atoms with Gasteiger partial charge in [-0.05, 0) is 66.6 Å². The molecule has 0 amide bonds. The van der Waals surface area contributed by atoms with E-state index in [0.29, 0.717) is 16.2 Å². The molecule has 0 spiro atoms. The smallest absolute Gasteiger partial charge is 0.0141 e. The minimum absolute atomic E-state index is 0.389. The standard InChI is InChI=1S/C20H32/c1-6-19(4)12-13-20(5)15(14-19)9-10-16-17(20)8-7-11-18(16,2)3/h6,10,15,17H,1,7-9,11-14H2,2-5H3/t15-,17+,19+,20+/m1/s1. The third-order valence-corrected chi connectivity index (χ3v) is 7.24. The van der Waals surface area contributed by atoms with Crippen molar-refractivity contribution in [3.63, 3.8) is 0 Å². The third-order valence-electron chi connectivity index (χ3n) is 7.24. The number of hydrogen-bond acceptors (Lipinski definition) is 0. The van der Waals surface area contributed by atoms with Gasteiger partial charge in [-0.15, -0.1) is 6.58 Å². The van der Waals surface area contributed by atoms with Gasteiger partial charge in [0.2, 0.25) is 0 Å². The Bertz CT molecular complexity index is 441. The summed E-state index contributed by atoms with van der Waals surface area (Å²) in [4.78, 5) is 0. The quantitative estimate of drug-likeness (QED) is 0.503. The second-order valence-corrected chi connectivity index (χ2v) is 8.99. The number of hydrogen-bond donors (Lipinski definition) is 0. The average molecular weight is 272 g/mol. The fourth-order valence-corrected chi connectivity index (χ4v) is 5.55. The molecule has 0 heterocycles. The lowest BCUT2D eigenvalue weighted by Crippen LogP contribution is -2.48. The van der Waals surface area contributed by atoms with Crippen molar-refractivity contribution in [1.29, 1.82) is 0 Å². The Morgan fingerprint density at radius 1 is 1.15 bits per heavy atom. The fourth-order valence-electron chi connectivity index (χ4n) is 5.55. The summed E-state index contributed by atoms with van der Waals surface area (Å²) in [6.07, 6.45) is 14.5. The van der Waals surface area contributed by atoms with Crippen LogP contribution in [0.4, 0.5) is 0 Å². The summed E-state index contributed by atoms with van der Waals surface area (Å²) in [5.74, 6) is 1.74. The lowest BCUT2D eigenvalue weighted by atomic mass is 9.47. The molecule has 3 aliphatic rings. The molecule has 112 valence electrons. The van der Waals surface area contributed by atoms with E-state index >= 15 is 0 Å². The molecule has 0 aliphatic heterocycles. The van der Waals surface area contributed by atoms with Crippen LogP contribution in [0.3, 0.4) is 0 Å². The van der Waals surface area contributed by atoms with Gasteiger partial charge in [0.05, 0.1) is 0 Å². The van der Waals surface area contributed by atoms with Crippen LogP contribution in [-0.4, -0.2) is 0 Å². The van der Waals surface area contributed by atoms with Gasteiger partial charge in [0.15, 0.2) is 0 Å². The van der Waals surface area contributed by atoms with E-state index in [1.54, 1.807) is 0 Å². The Kier molecular flexibility index (Phi) is 3.23. The Morgan fingerprint density at radius 3 is 2.60 bits per heavy atom. The fraction of sp³-hybridized carbons (Fsp3) is 0.800. The van der Waals surface area contributed by atoms with Crippen molar-refractivity contribution >= 4 is 0 Å².